The van der Waals surface area contributed by atoms with Crippen LogP contribution in [0.25, 0.3) is 0 Å². The minimum Gasteiger partial charge on any atom is -0.444 e. The van der Waals surface area contributed by atoms with Gasteiger partial charge in [-0.15, -0.1) is 11.3 Å². The second-order valence-electron chi connectivity index (χ2n) is 5.35. The number of rotatable bonds is 6. The molecule has 1 unspecified atom stereocenters. The smallest absolute Gasteiger partial charge is 0.407 e. The van der Waals surface area contributed by atoms with Gasteiger partial charge in [0.15, 0.2) is 0 Å². The average Bonchev–Trinajstić information content (AvgIpc) is 2.80. The molecule has 5 nitrogen and oxygen atoms in total. The Morgan fingerprint density at radius 2 is 2.26 bits per heavy atom. The van der Waals surface area contributed by atoms with Crippen LogP contribution in [-0.4, -0.2) is 29.3 Å². The van der Waals surface area contributed by atoms with E-state index in [-0.39, 0.29) is 12.1 Å². The van der Waals surface area contributed by atoms with Crippen molar-refractivity contribution in [3.05, 3.63) is 16.6 Å². The van der Waals surface area contributed by atoms with Crippen molar-refractivity contribution < 1.29 is 9.53 Å². The Hall–Kier alpha value is -1.14. The zero-order chi connectivity index (χ0) is 14.3. The Bertz CT molecular complexity index is 374. The lowest BCUT2D eigenvalue weighted by atomic mass is 10.2. The highest BCUT2D eigenvalue weighted by atomic mass is 32.1. The van der Waals surface area contributed by atoms with Crippen LogP contribution in [0.1, 0.15) is 39.8 Å². The number of thiazole rings is 1. The number of alkyl carbamates (subject to hydrolysis) is 1. The summed E-state index contributed by atoms with van der Waals surface area (Å²) in [6.07, 6.45) is 0.557. The molecule has 1 rings (SSSR count). The molecule has 0 radical (unpaired) electrons. The van der Waals surface area contributed by atoms with E-state index in [9.17, 15) is 4.79 Å². The molecule has 1 amide bonds. The maximum atomic E-state index is 11.5. The van der Waals surface area contributed by atoms with Gasteiger partial charge in [-0.1, -0.05) is 6.92 Å². The molecule has 1 aromatic heterocycles. The summed E-state index contributed by atoms with van der Waals surface area (Å²) >= 11 is 1.58. The number of amides is 1. The molecule has 6 heteroatoms. The summed E-state index contributed by atoms with van der Waals surface area (Å²) in [6.45, 7) is 8.90. The van der Waals surface area contributed by atoms with E-state index in [1.54, 1.807) is 11.3 Å². The molecule has 19 heavy (non-hydrogen) atoms. The minimum absolute atomic E-state index is 0.217. The quantitative estimate of drug-likeness (QED) is 0.843. The lowest BCUT2D eigenvalue weighted by Gasteiger charge is -2.22. The van der Waals surface area contributed by atoms with Gasteiger partial charge >= 0.3 is 6.09 Å². The zero-order valence-corrected chi connectivity index (χ0v) is 12.8. The first-order chi connectivity index (χ1) is 8.90. The molecule has 0 spiro atoms. The molecule has 0 fully saturated rings. The van der Waals surface area contributed by atoms with Crippen LogP contribution in [0.3, 0.4) is 0 Å². The van der Waals surface area contributed by atoms with Crippen LogP contribution in [0, 0.1) is 0 Å². The summed E-state index contributed by atoms with van der Waals surface area (Å²) < 4.78 is 5.19. The Morgan fingerprint density at radius 3 is 2.79 bits per heavy atom. The lowest BCUT2D eigenvalue weighted by molar-refractivity contribution is 0.0522. The van der Waals surface area contributed by atoms with E-state index in [4.69, 9.17) is 4.74 Å². The number of carbonyl (C=O) groups is 1. The Balaban J connectivity index is 2.26. The highest BCUT2D eigenvalue weighted by molar-refractivity contribution is 7.07. The van der Waals surface area contributed by atoms with Crippen molar-refractivity contribution in [2.45, 2.75) is 52.3 Å². The molecule has 0 aliphatic carbocycles. The van der Waals surface area contributed by atoms with Crippen molar-refractivity contribution in [2.75, 3.05) is 6.54 Å². The van der Waals surface area contributed by atoms with Gasteiger partial charge in [-0.2, -0.15) is 0 Å². The van der Waals surface area contributed by atoms with Crippen molar-refractivity contribution in [3.8, 4) is 0 Å². The predicted molar refractivity (Wildman–Crippen MR) is 77.3 cm³/mol. The van der Waals surface area contributed by atoms with Crippen molar-refractivity contribution in [1.29, 1.82) is 0 Å². The minimum atomic E-state index is -0.459. The summed E-state index contributed by atoms with van der Waals surface area (Å²) in [7, 11) is 0. The number of nitrogens with zero attached hydrogens (tertiary/aromatic N) is 1. The van der Waals surface area contributed by atoms with Crippen LogP contribution in [0.5, 0.6) is 0 Å². The Labute approximate surface area is 118 Å². The van der Waals surface area contributed by atoms with Gasteiger partial charge in [-0.3, -0.25) is 0 Å². The maximum Gasteiger partial charge on any atom is 0.407 e. The predicted octanol–water partition coefficient (Wildman–Crippen LogP) is 2.54. The van der Waals surface area contributed by atoms with Gasteiger partial charge in [0.25, 0.3) is 0 Å². The molecule has 108 valence electrons. The van der Waals surface area contributed by atoms with Crippen LogP contribution < -0.4 is 10.6 Å². The largest absolute Gasteiger partial charge is 0.444 e. The second-order valence-corrected chi connectivity index (χ2v) is 6.07. The topological polar surface area (TPSA) is 63.2 Å². The van der Waals surface area contributed by atoms with E-state index in [0.29, 0.717) is 6.54 Å². The SMILES string of the molecule is CCC(CNC(=O)OC(C)(C)C)NCc1cscn1. The molecule has 0 bridgehead atoms. The van der Waals surface area contributed by atoms with E-state index >= 15 is 0 Å². The molecule has 0 saturated heterocycles. The summed E-state index contributed by atoms with van der Waals surface area (Å²) in [6, 6.07) is 0.217. The lowest BCUT2D eigenvalue weighted by Crippen LogP contribution is -2.42. The summed E-state index contributed by atoms with van der Waals surface area (Å²) in [5, 5.41) is 8.16. The molecule has 0 aliphatic rings. The number of aromatic nitrogens is 1. The molecular weight excluding hydrogens is 262 g/mol. The third kappa shape index (κ3) is 7.12. The van der Waals surface area contributed by atoms with E-state index in [0.717, 1.165) is 18.7 Å². The van der Waals surface area contributed by atoms with Crippen molar-refractivity contribution in [3.63, 3.8) is 0 Å². The molecule has 1 atom stereocenters. The van der Waals surface area contributed by atoms with Gasteiger partial charge < -0.3 is 15.4 Å². The fourth-order valence-electron chi connectivity index (χ4n) is 1.46. The first-order valence-electron chi connectivity index (χ1n) is 6.48. The summed E-state index contributed by atoms with van der Waals surface area (Å²) in [5.74, 6) is 0. The van der Waals surface area contributed by atoms with Crippen LogP contribution in [0.4, 0.5) is 4.79 Å². The number of hydrogen-bond donors (Lipinski definition) is 2. The first kappa shape index (κ1) is 15.9. The molecule has 0 aromatic carbocycles. The van der Waals surface area contributed by atoms with Gasteiger partial charge in [0.2, 0.25) is 0 Å². The molecule has 1 aromatic rings. The average molecular weight is 285 g/mol. The third-order valence-electron chi connectivity index (χ3n) is 2.44. The number of carbonyl (C=O) groups excluding carboxylic acids is 1. The standard InChI is InChI=1S/C13H23N3O2S/c1-5-10(14-7-11-8-19-9-16-11)6-15-12(17)18-13(2,3)4/h8-10,14H,5-7H2,1-4H3,(H,15,17). The van der Waals surface area contributed by atoms with E-state index in [1.165, 1.54) is 0 Å². The number of ether oxygens (including phenoxy) is 1. The highest BCUT2D eigenvalue weighted by Gasteiger charge is 2.16. The highest BCUT2D eigenvalue weighted by Crippen LogP contribution is 2.06. The van der Waals surface area contributed by atoms with Crippen molar-refractivity contribution in [1.82, 2.24) is 15.6 Å². The van der Waals surface area contributed by atoms with Gasteiger partial charge in [0, 0.05) is 24.5 Å². The monoisotopic (exact) mass is 285 g/mol. The van der Waals surface area contributed by atoms with Gasteiger partial charge in [0.1, 0.15) is 5.60 Å². The normalized spacial score (nSPS) is 13.1. The van der Waals surface area contributed by atoms with E-state index in [2.05, 4.69) is 22.5 Å². The molecule has 0 aliphatic heterocycles. The van der Waals surface area contributed by atoms with Gasteiger partial charge in [0.05, 0.1) is 11.2 Å². The van der Waals surface area contributed by atoms with Crippen LogP contribution in [-0.2, 0) is 11.3 Å². The third-order valence-corrected chi connectivity index (χ3v) is 3.08. The van der Waals surface area contributed by atoms with Crippen molar-refractivity contribution in [2.24, 2.45) is 0 Å². The number of nitrogens with one attached hydrogen (secondary N) is 2. The summed E-state index contributed by atoms with van der Waals surface area (Å²) in [5.41, 5.74) is 2.39. The fourth-order valence-corrected chi connectivity index (χ4v) is 2.01. The molecular formula is C13H23N3O2S. The van der Waals surface area contributed by atoms with Crippen LogP contribution in [0.2, 0.25) is 0 Å². The fraction of sp³-hybridized carbons (Fsp3) is 0.692. The van der Waals surface area contributed by atoms with E-state index < -0.39 is 5.60 Å². The molecule has 0 saturated carbocycles. The van der Waals surface area contributed by atoms with Gasteiger partial charge in [-0.25, -0.2) is 9.78 Å². The second kappa shape index (κ2) is 7.45. The zero-order valence-electron chi connectivity index (χ0n) is 12.0. The van der Waals surface area contributed by atoms with E-state index in [1.807, 2.05) is 31.7 Å². The van der Waals surface area contributed by atoms with Crippen LogP contribution in [0.15, 0.2) is 10.9 Å². The summed E-state index contributed by atoms with van der Waals surface area (Å²) in [4.78, 5) is 15.8. The van der Waals surface area contributed by atoms with Crippen molar-refractivity contribution >= 4 is 17.4 Å². The Kier molecular flexibility index (Phi) is 6.24. The first-order valence-corrected chi connectivity index (χ1v) is 7.42. The van der Waals surface area contributed by atoms with Crippen LogP contribution >= 0.6 is 11.3 Å². The Morgan fingerprint density at radius 1 is 1.53 bits per heavy atom. The maximum absolute atomic E-state index is 11.5. The molecule has 2 N–H and O–H groups in total. The number of hydrogen-bond acceptors (Lipinski definition) is 5. The van der Waals surface area contributed by atoms with Gasteiger partial charge in [-0.05, 0) is 27.2 Å². The molecule has 1 heterocycles.